The maximum absolute atomic E-state index is 10.8. The zero-order valence-electron chi connectivity index (χ0n) is 5.57. The van der Waals surface area contributed by atoms with E-state index in [2.05, 4.69) is 15.9 Å². The Morgan fingerprint density at radius 2 is 1.92 bits per heavy atom. The Labute approximate surface area is 92.7 Å². The molecule has 0 atom stereocenters. The lowest BCUT2D eigenvalue weighted by Gasteiger charge is -2.01. The van der Waals surface area contributed by atoms with E-state index in [9.17, 15) is 4.79 Å². The van der Waals surface area contributed by atoms with Crippen molar-refractivity contribution in [3.63, 3.8) is 0 Å². The zero-order valence-corrected chi connectivity index (χ0v) is 9.43. The molecular weight excluding hydrogens is 286 g/mol. The lowest BCUT2D eigenvalue weighted by molar-refractivity contribution is 0.108. The lowest BCUT2D eigenvalue weighted by atomic mass is 10.2. The van der Waals surface area contributed by atoms with Crippen LogP contribution in [0, 0.1) is 0 Å². The molecular formula is C7H2BrCl3O. The van der Waals surface area contributed by atoms with Gasteiger partial charge in [-0.3, -0.25) is 4.79 Å². The van der Waals surface area contributed by atoms with Crippen LogP contribution in [0.2, 0.25) is 10.0 Å². The molecule has 0 bridgehead atoms. The van der Waals surface area contributed by atoms with E-state index in [4.69, 9.17) is 34.8 Å². The maximum atomic E-state index is 10.8. The van der Waals surface area contributed by atoms with Gasteiger partial charge < -0.3 is 0 Å². The number of carbonyl (C=O) groups is 1. The fraction of sp³-hybridized carbons (Fsp3) is 0. The molecule has 0 aliphatic rings. The fourth-order valence-corrected chi connectivity index (χ4v) is 2.56. The van der Waals surface area contributed by atoms with Crippen LogP contribution in [-0.2, 0) is 0 Å². The third-order valence-corrected chi connectivity index (χ3v) is 2.53. The van der Waals surface area contributed by atoms with E-state index in [1.807, 2.05) is 0 Å². The Kier molecular flexibility index (Phi) is 3.41. The van der Waals surface area contributed by atoms with Gasteiger partial charge in [-0.15, -0.1) is 0 Å². The van der Waals surface area contributed by atoms with Gasteiger partial charge >= 0.3 is 0 Å². The van der Waals surface area contributed by atoms with Crippen molar-refractivity contribution in [2.75, 3.05) is 0 Å². The van der Waals surface area contributed by atoms with E-state index in [-0.39, 0.29) is 10.6 Å². The van der Waals surface area contributed by atoms with Crippen LogP contribution in [0.4, 0.5) is 0 Å². The van der Waals surface area contributed by atoms with Crippen molar-refractivity contribution in [2.45, 2.75) is 0 Å². The second-order valence-electron chi connectivity index (χ2n) is 2.02. The highest BCUT2D eigenvalue weighted by molar-refractivity contribution is 9.10. The van der Waals surface area contributed by atoms with Crippen molar-refractivity contribution in [1.82, 2.24) is 0 Å². The van der Waals surface area contributed by atoms with Crippen molar-refractivity contribution in [2.24, 2.45) is 0 Å². The van der Waals surface area contributed by atoms with Crippen molar-refractivity contribution in [3.05, 3.63) is 32.2 Å². The molecule has 12 heavy (non-hydrogen) atoms. The Hall–Kier alpha value is 0.240. The second kappa shape index (κ2) is 3.97. The SMILES string of the molecule is O=C(Cl)c1c(Cl)cc(Cl)cc1Br. The van der Waals surface area contributed by atoms with E-state index in [0.29, 0.717) is 9.50 Å². The summed E-state index contributed by atoms with van der Waals surface area (Å²) in [6.07, 6.45) is 0. The molecule has 0 N–H and O–H groups in total. The first-order valence-electron chi connectivity index (χ1n) is 2.86. The van der Waals surface area contributed by atoms with Gasteiger partial charge in [0, 0.05) is 9.50 Å². The molecule has 0 fully saturated rings. The molecule has 0 unspecified atom stereocenters. The summed E-state index contributed by atoms with van der Waals surface area (Å²) >= 11 is 19.8. The van der Waals surface area contributed by atoms with Gasteiger partial charge in [0.25, 0.3) is 5.24 Å². The summed E-state index contributed by atoms with van der Waals surface area (Å²) in [5.41, 5.74) is 0.239. The van der Waals surface area contributed by atoms with Gasteiger partial charge in [-0.05, 0) is 39.7 Å². The molecule has 0 aromatic heterocycles. The van der Waals surface area contributed by atoms with Gasteiger partial charge in [0.05, 0.1) is 10.6 Å². The standard InChI is InChI=1S/C7H2BrCl3O/c8-4-1-3(9)2-5(10)6(4)7(11)12/h1-2H. The number of carbonyl (C=O) groups excluding carboxylic acids is 1. The number of rotatable bonds is 1. The van der Waals surface area contributed by atoms with Gasteiger partial charge in [-0.1, -0.05) is 23.2 Å². The molecule has 1 aromatic rings. The molecule has 0 amide bonds. The van der Waals surface area contributed by atoms with E-state index >= 15 is 0 Å². The largest absolute Gasteiger partial charge is 0.276 e. The molecule has 0 spiro atoms. The molecule has 1 aromatic carbocycles. The van der Waals surface area contributed by atoms with Crippen LogP contribution >= 0.6 is 50.7 Å². The monoisotopic (exact) mass is 286 g/mol. The molecule has 1 rings (SSSR count). The van der Waals surface area contributed by atoms with Gasteiger partial charge in [0.2, 0.25) is 0 Å². The summed E-state index contributed by atoms with van der Waals surface area (Å²) in [6, 6.07) is 3.02. The lowest BCUT2D eigenvalue weighted by Crippen LogP contribution is -1.91. The normalized spacial score (nSPS) is 10.0. The number of benzene rings is 1. The molecule has 0 aliphatic carbocycles. The van der Waals surface area contributed by atoms with Crippen LogP contribution < -0.4 is 0 Å². The quantitative estimate of drug-likeness (QED) is 0.710. The van der Waals surface area contributed by atoms with Crippen LogP contribution in [0.3, 0.4) is 0 Å². The molecule has 1 nitrogen and oxygen atoms in total. The zero-order chi connectivity index (χ0) is 9.30. The maximum Gasteiger partial charge on any atom is 0.255 e. The predicted molar refractivity (Wildman–Crippen MR) is 54.3 cm³/mol. The smallest absolute Gasteiger partial charge is 0.255 e. The van der Waals surface area contributed by atoms with Crippen LogP contribution in [0.25, 0.3) is 0 Å². The number of hydrogen-bond donors (Lipinski definition) is 0. The molecule has 0 saturated carbocycles. The molecule has 5 heteroatoms. The first-order chi connectivity index (χ1) is 5.52. The topological polar surface area (TPSA) is 17.1 Å². The summed E-state index contributed by atoms with van der Waals surface area (Å²) in [7, 11) is 0. The number of halogens is 4. The first kappa shape index (κ1) is 10.3. The summed E-state index contributed by atoms with van der Waals surface area (Å²) in [6.45, 7) is 0. The third-order valence-electron chi connectivity index (χ3n) is 1.20. The minimum atomic E-state index is -0.608. The van der Waals surface area contributed by atoms with Gasteiger partial charge in [0.1, 0.15) is 0 Å². The summed E-state index contributed by atoms with van der Waals surface area (Å²) in [4.78, 5) is 10.8. The first-order valence-corrected chi connectivity index (χ1v) is 4.79. The highest BCUT2D eigenvalue weighted by Crippen LogP contribution is 2.30. The summed E-state index contributed by atoms with van der Waals surface area (Å²) < 4.78 is 0.500. The summed E-state index contributed by atoms with van der Waals surface area (Å²) in [5.74, 6) is 0. The average Bonchev–Trinajstić information content (AvgIpc) is 1.82. The molecule has 0 heterocycles. The van der Waals surface area contributed by atoms with Gasteiger partial charge in [0.15, 0.2) is 0 Å². The second-order valence-corrected chi connectivity index (χ2v) is 4.06. The number of hydrogen-bond acceptors (Lipinski definition) is 1. The average molecular weight is 288 g/mol. The van der Waals surface area contributed by atoms with Gasteiger partial charge in [-0.25, -0.2) is 0 Å². The van der Waals surface area contributed by atoms with Crippen LogP contribution in [0.15, 0.2) is 16.6 Å². The molecule has 0 aliphatic heterocycles. The predicted octanol–water partition coefficient (Wildman–Crippen LogP) is 4.13. The minimum absolute atomic E-state index is 0.239. The molecule has 0 radical (unpaired) electrons. The Bertz CT molecular complexity index is 314. The van der Waals surface area contributed by atoms with Gasteiger partial charge in [-0.2, -0.15) is 0 Å². The Balaban J connectivity index is 3.38. The summed E-state index contributed by atoms with van der Waals surface area (Å²) in [5, 5.41) is 0.0893. The van der Waals surface area contributed by atoms with Crippen LogP contribution in [-0.4, -0.2) is 5.24 Å². The van der Waals surface area contributed by atoms with Crippen LogP contribution in [0.1, 0.15) is 10.4 Å². The highest BCUT2D eigenvalue weighted by atomic mass is 79.9. The van der Waals surface area contributed by atoms with Crippen molar-refractivity contribution >= 4 is 56.0 Å². The Morgan fingerprint density at radius 3 is 2.33 bits per heavy atom. The highest BCUT2D eigenvalue weighted by Gasteiger charge is 2.12. The van der Waals surface area contributed by atoms with E-state index < -0.39 is 5.24 Å². The minimum Gasteiger partial charge on any atom is -0.276 e. The molecule has 64 valence electrons. The van der Waals surface area contributed by atoms with Crippen molar-refractivity contribution in [3.8, 4) is 0 Å². The van der Waals surface area contributed by atoms with E-state index in [1.54, 1.807) is 6.07 Å². The Morgan fingerprint density at radius 1 is 1.33 bits per heavy atom. The van der Waals surface area contributed by atoms with E-state index in [0.717, 1.165) is 0 Å². The third kappa shape index (κ3) is 2.13. The molecule has 0 saturated heterocycles. The van der Waals surface area contributed by atoms with Crippen molar-refractivity contribution in [1.29, 1.82) is 0 Å². The van der Waals surface area contributed by atoms with Crippen molar-refractivity contribution < 1.29 is 4.79 Å². The fourth-order valence-electron chi connectivity index (χ4n) is 0.730. The van der Waals surface area contributed by atoms with Crippen LogP contribution in [0.5, 0.6) is 0 Å². The van der Waals surface area contributed by atoms with E-state index in [1.165, 1.54) is 6.07 Å².